The zero-order valence-corrected chi connectivity index (χ0v) is 19.3. The van der Waals surface area contributed by atoms with Crippen LogP contribution in [0, 0.1) is 17.7 Å². The molecular formula is C23H34FN3O3S. The minimum atomic E-state index is -0.825. The molecule has 8 heteroatoms. The van der Waals surface area contributed by atoms with Crippen LogP contribution in [0.15, 0.2) is 11.1 Å². The van der Waals surface area contributed by atoms with Crippen molar-refractivity contribution in [3.63, 3.8) is 0 Å². The van der Waals surface area contributed by atoms with Crippen molar-refractivity contribution in [2.45, 2.75) is 76.3 Å². The highest BCUT2D eigenvalue weighted by Crippen LogP contribution is 2.32. The second-order valence-electron chi connectivity index (χ2n) is 8.78. The standard InChI is InChI=1S/C23H34FN3O3S/c1-3-12-31-22-18(21(28)25-17-9-5-4-6-10-17)13-19(24)20(26-22)27-11-7-8-16(14-27)15(2)23(29)30/h13,15-17H,3-12,14H2,1-2H3,(H,25,28)(H,29,30)/t15?,16-/m0/s1. The maximum absolute atomic E-state index is 15.2. The van der Waals surface area contributed by atoms with Gasteiger partial charge in [0.25, 0.3) is 5.91 Å². The molecule has 0 aromatic carbocycles. The molecular weight excluding hydrogens is 417 g/mol. The van der Waals surface area contributed by atoms with E-state index in [9.17, 15) is 14.7 Å². The lowest BCUT2D eigenvalue weighted by Crippen LogP contribution is -2.41. The Morgan fingerprint density at radius 3 is 2.71 bits per heavy atom. The van der Waals surface area contributed by atoms with Crippen LogP contribution in [0.1, 0.15) is 75.6 Å². The number of amides is 1. The second-order valence-corrected chi connectivity index (χ2v) is 9.86. The van der Waals surface area contributed by atoms with Crippen molar-refractivity contribution in [2.75, 3.05) is 23.7 Å². The molecule has 1 aliphatic heterocycles. The Morgan fingerprint density at radius 1 is 1.29 bits per heavy atom. The quantitative estimate of drug-likeness (QED) is 0.557. The summed E-state index contributed by atoms with van der Waals surface area (Å²) in [6.07, 6.45) is 7.88. The number of carboxylic acids is 1. The molecule has 2 fully saturated rings. The summed E-state index contributed by atoms with van der Waals surface area (Å²) in [5.41, 5.74) is 0.303. The van der Waals surface area contributed by atoms with Gasteiger partial charge < -0.3 is 15.3 Å². The smallest absolute Gasteiger partial charge is 0.306 e. The number of thioether (sulfide) groups is 1. The number of aromatic nitrogens is 1. The number of rotatable bonds is 8. The van der Waals surface area contributed by atoms with Gasteiger partial charge in [0.2, 0.25) is 0 Å². The number of carbonyl (C=O) groups is 2. The normalized spacial score (nSPS) is 21.0. The van der Waals surface area contributed by atoms with E-state index in [0.29, 0.717) is 23.7 Å². The first-order chi connectivity index (χ1) is 14.9. The van der Waals surface area contributed by atoms with Crippen molar-refractivity contribution in [1.29, 1.82) is 0 Å². The number of nitrogens with one attached hydrogen (secondary N) is 1. The fourth-order valence-corrected chi connectivity index (χ4v) is 5.33. The van der Waals surface area contributed by atoms with E-state index < -0.39 is 17.7 Å². The Balaban J connectivity index is 1.83. The molecule has 0 bridgehead atoms. The third-order valence-corrected chi connectivity index (χ3v) is 7.60. The Bertz CT molecular complexity index is 786. The fourth-order valence-electron chi connectivity index (χ4n) is 4.48. The van der Waals surface area contributed by atoms with Crippen LogP contribution in [0.3, 0.4) is 0 Å². The van der Waals surface area contributed by atoms with Crippen molar-refractivity contribution >= 4 is 29.5 Å². The van der Waals surface area contributed by atoms with E-state index in [1.165, 1.54) is 24.2 Å². The third kappa shape index (κ3) is 6.11. The molecule has 0 spiro atoms. The third-order valence-electron chi connectivity index (χ3n) is 6.40. The molecule has 3 rings (SSSR count). The zero-order chi connectivity index (χ0) is 22.4. The molecule has 1 aromatic heterocycles. The molecule has 1 saturated carbocycles. The molecule has 31 heavy (non-hydrogen) atoms. The molecule has 6 nitrogen and oxygen atoms in total. The molecule has 2 atom stereocenters. The van der Waals surface area contributed by atoms with Gasteiger partial charge in [0.05, 0.1) is 11.5 Å². The molecule has 1 saturated heterocycles. The van der Waals surface area contributed by atoms with Crippen molar-refractivity contribution in [1.82, 2.24) is 10.3 Å². The van der Waals surface area contributed by atoms with E-state index in [2.05, 4.69) is 17.2 Å². The lowest BCUT2D eigenvalue weighted by Gasteiger charge is -2.35. The number of piperidine rings is 1. The van der Waals surface area contributed by atoms with Crippen LogP contribution >= 0.6 is 11.8 Å². The number of anilines is 1. The average molecular weight is 452 g/mol. The largest absolute Gasteiger partial charge is 0.481 e. The minimum absolute atomic E-state index is 0.0477. The summed E-state index contributed by atoms with van der Waals surface area (Å²) < 4.78 is 15.2. The van der Waals surface area contributed by atoms with Gasteiger partial charge in [-0.05, 0) is 49.8 Å². The Kier molecular flexibility index (Phi) is 8.58. The van der Waals surface area contributed by atoms with E-state index >= 15 is 4.39 Å². The van der Waals surface area contributed by atoms with Crippen LogP contribution in [0.4, 0.5) is 10.2 Å². The first-order valence-electron chi connectivity index (χ1n) is 11.5. The Hall–Kier alpha value is -1.83. The van der Waals surface area contributed by atoms with E-state index in [1.54, 1.807) is 6.92 Å². The first kappa shape index (κ1) is 23.8. The summed E-state index contributed by atoms with van der Waals surface area (Å²) in [5, 5.41) is 13.0. The number of hydrogen-bond donors (Lipinski definition) is 2. The molecule has 0 radical (unpaired) electrons. The molecule has 2 heterocycles. The maximum Gasteiger partial charge on any atom is 0.306 e. The van der Waals surface area contributed by atoms with E-state index in [-0.39, 0.29) is 23.7 Å². The summed E-state index contributed by atoms with van der Waals surface area (Å²) >= 11 is 1.48. The molecule has 172 valence electrons. The van der Waals surface area contributed by atoms with Gasteiger partial charge in [-0.15, -0.1) is 11.8 Å². The van der Waals surface area contributed by atoms with Gasteiger partial charge in [0.1, 0.15) is 5.03 Å². The summed E-state index contributed by atoms with van der Waals surface area (Å²) in [7, 11) is 0. The van der Waals surface area contributed by atoms with Gasteiger partial charge in [0.15, 0.2) is 11.6 Å². The highest BCUT2D eigenvalue weighted by atomic mass is 32.2. The summed E-state index contributed by atoms with van der Waals surface area (Å²) in [6.45, 7) is 4.87. The lowest BCUT2D eigenvalue weighted by molar-refractivity contribution is -0.143. The van der Waals surface area contributed by atoms with Crippen LogP contribution in [-0.2, 0) is 4.79 Å². The van der Waals surface area contributed by atoms with Crippen LogP contribution in [0.5, 0.6) is 0 Å². The number of halogens is 1. The fraction of sp³-hybridized carbons (Fsp3) is 0.696. The van der Waals surface area contributed by atoms with Crippen molar-refractivity contribution in [3.8, 4) is 0 Å². The van der Waals surface area contributed by atoms with Gasteiger partial charge in [-0.25, -0.2) is 9.37 Å². The zero-order valence-electron chi connectivity index (χ0n) is 18.5. The van der Waals surface area contributed by atoms with E-state index in [1.807, 2.05) is 4.90 Å². The second kappa shape index (κ2) is 11.2. The Labute approximate surface area is 188 Å². The molecule has 1 aliphatic carbocycles. The number of nitrogens with zero attached hydrogens (tertiary/aromatic N) is 2. The molecule has 1 unspecified atom stereocenters. The van der Waals surface area contributed by atoms with Gasteiger partial charge in [-0.2, -0.15) is 0 Å². The lowest BCUT2D eigenvalue weighted by atomic mass is 9.86. The van der Waals surface area contributed by atoms with E-state index in [0.717, 1.165) is 50.7 Å². The average Bonchev–Trinajstić information content (AvgIpc) is 2.78. The van der Waals surface area contributed by atoms with Crippen molar-refractivity contribution in [3.05, 3.63) is 17.4 Å². The van der Waals surface area contributed by atoms with E-state index in [4.69, 9.17) is 0 Å². The topological polar surface area (TPSA) is 82.5 Å². The highest BCUT2D eigenvalue weighted by Gasteiger charge is 2.31. The number of hydrogen-bond acceptors (Lipinski definition) is 5. The summed E-state index contributed by atoms with van der Waals surface area (Å²) in [6, 6.07) is 1.47. The van der Waals surface area contributed by atoms with Gasteiger partial charge in [-0.1, -0.05) is 33.1 Å². The van der Waals surface area contributed by atoms with Gasteiger partial charge in [-0.3, -0.25) is 9.59 Å². The Morgan fingerprint density at radius 2 is 2.03 bits per heavy atom. The first-order valence-corrected chi connectivity index (χ1v) is 12.5. The van der Waals surface area contributed by atoms with Crippen LogP contribution in [-0.4, -0.2) is 46.9 Å². The summed E-state index contributed by atoms with van der Waals surface area (Å²) in [5.74, 6) is -1.10. The molecule has 2 aliphatic rings. The van der Waals surface area contributed by atoms with Gasteiger partial charge in [0, 0.05) is 19.1 Å². The number of carbonyl (C=O) groups excluding carboxylic acids is 1. The van der Waals surface area contributed by atoms with Crippen LogP contribution in [0.2, 0.25) is 0 Å². The maximum atomic E-state index is 15.2. The van der Waals surface area contributed by atoms with Crippen molar-refractivity contribution < 1.29 is 19.1 Å². The number of carboxylic acid groups (broad SMARTS) is 1. The van der Waals surface area contributed by atoms with Crippen LogP contribution < -0.4 is 10.2 Å². The predicted octanol–water partition coefficient (Wildman–Crippen LogP) is 4.72. The monoisotopic (exact) mass is 451 g/mol. The minimum Gasteiger partial charge on any atom is -0.481 e. The molecule has 2 N–H and O–H groups in total. The van der Waals surface area contributed by atoms with Crippen molar-refractivity contribution in [2.24, 2.45) is 11.8 Å². The number of aliphatic carboxylic acids is 1. The molecule has 1 amide bonds. The number of pyridine rings is 1. The SMILES string of the molecule is CCCSc1nc(N2CCC[C@H](C(C)C(=O)O)C2)c(F)cc1C(=O)NC1CCCCC1. The van der Waals surface area contributed by atoms with Crippen LogP contribution in [0.25, 0.3) is 0 Å². The highest BCUT2D eigenvalue weighted by molar-refractivity contribution is 7.99. The summed E-state index contributed by atoms with van der Waals surface area (Å²) in [4.78, 5) is 30.8. The molecule has 1 aromatic rings. The predicted molar refractivity (Wildman–Crippen MR) is 121 cm³/mol. The van der Waals surface area contributed by atoms with Gasteiger partial charge >= 0.3 is 5.97 Å².